The van der Waals surface area contributed by atoms with Crippen molar-refractivity contribution in [3.8, 4) is 0 Å². The Labute approximate surface area is 112 Å². The molecule has 1 aromatic carbocycles. The number of halogens is 3. The highest BCUT2D eigenvalue weighted by molar-refractivity contribution is 7.22. The highest BCUT2D eigenvalue weighted by Crippen LogP contribution is 2.35. The predicted octanol–water partition coefficient (Wildman–Crippen LogP) is 4.53. The van der Waals surface area contributed by atoms with Crippen molar-refractivity contribution in [3.05, 3.63) is 23.8 Å². The summed E-state index contributed by atoms with van der Waals surface area (Å²) in [6.45, 7) is 0.844. The molecular weight excluding hydrogens is 273 g/mol. The number of nitrogens with zero attached hydrogens (tertiary/aromatic N) is 1. The van der Waals surface area contributed by atoms with E-state index in [1.165, 1.54) is 30.2 Å². The van der Waals surface area contributed by atoms with Crippen LogP contribution in [0.25, 0.3) is 10.2 Å². The monoisotopic (exact) mass is 286 g/mol. The summed E-state index contributed by atoms with van der Waals surface area (Å²) >= 11 is 1.40. The summed E-state index contributed by atoms with van der Waals surface area (Å²) in [7, 11) is 0. The third-order valence-electron chi connectivity index (χ3n) is 3.24. The number of nitrogens with one attached hydrogen (secondary N) is 1. The van der Waals surface area contributed by atoms with Gasteiger partial charge in [0.1, 0.15) is 0 Å². The fraction of sp³-hybridized carbons (Fsp3) is 0.462. The topological polar surface area (TPSA) is 24.9 Å². The first-order valence-corrected chi connectivity index (χ1v) is 7.06. The van der Waals surface area contributed by atoms with Crippen molar-refractivity contribution in [2.75, 3.05) is 11.9 Å². The minimum Gasteiger partial charge on any atom is -0.361 e. The van der Waals surface area contributed by atoms with E-state index in [1.807, 2.05) is 0 Å². The third kappa shape index (κ3) is 3.00. The Morgan fingerprint density at radius 3 is 2.79 bits per heavy atom. The van der Waals surface area contributed by atoms with Crippen LogP contribution >= 0.6 is 11.3 Å². The largest absolute Gasteiger partial charge is 0.416 e. The maximum atomic E-state index is 12.6. The number of benzene rings is 1. The summed E-state index contributed by atoms with van der Waals surface area (Å²) in [5.74, 6) is 0.832. The molecule has 1 aliphatic carbocycles. The lowest BCUT2D eigenvalue weighted by atomic mass is 10.2. The van der Waals surface area contributed by atoms with Crippen LogP contribution in [0.5, 0.6) is 0 Å². The van der Waals surface area contributed by atoms with Gasteiger partial charge in [0.15, 0.2) is 5.13 Å². The van der Waals surface area contributed by atoms with Gasteiger partial charge in [0, 0.05) is 6.54 Å². The number of rotatable bonds is 4. The highest BCUT2D eigenvalue weighted by atomic mass is 32.1. The molecule has 0 spiro atoms. The van der Waals surface area contributed by atoms with E-state index in [0.29, 0.717) is 10.6 Å². The Bertz CT molecular complexity index is 587. The summed E-state index contributed by atoms with van der Waals surface area (Å²) in [6.07, 6.45) is -0.589. The smallest absolute Gasteiger partial charge is 0.361 e. The van der Waals surface area contributed by atoms with E-state index in [4.69, 9.17) is 0 Å². The van der Waals surface area contributed by atoms with Gasteiger partial charge >= 0.3 is 6.18 Å². The van der Waals surface area contributed by atoms with Gasteiger partial charge in [-0.15, -0.1) is 0 Å². The van der Waals surface area contributed by atoms with Crippen LogP contribution in [0.4, 0.5) is 18.3 Å². The summed E-state index contributed by atoms with van der Waals surface area (Å²) < 4.78 is 38.5. The molecule has 1 N–H and O–H groups in total. The number of thiazole rings is 1. The van der Waals surface area contributed by atoms with Gasteiger partial charge in [-0.3, -0.25) is 0 Å². The highest BCUT2D eigenvalue weighted by Gasteiger charge is 2.30. The molecule has 0 unspecified atom stereocenters. The lowest BCUT2D eigenvalue weighted by Crippen LogP contribution is -2.04. The van der Waals surface area contributed by atoms with E-state index in [1.54, 1.807) is 0 Å². The first-order valence-electron chi connectivity index (χ1n) is 6.24. The van der Waals surface area contributed by atoms with Gasteiger partial charge in [-0.2, -0.15) is 13.2 Å². The van der Waals surface area contributed by atoms with Crippen molar-refractivity contribution >= 4 is 26.7 Å². The Morgan fingerprint density at radius 2 is 2.11 bits per heavy atom. The Morgan fingerprint density at radius 1 is 1.32 bits per heavy atom. The van der Waals surface area contributed by atoms with E-state index in [0.717, 1.165) is 35.7 Å². The third-order valence-corrected chi connectivity index (χ3v) is 4.23. The van der Waals surface area contributed by atoms with Crippen molar-refractivity contribution in [2.24, 2.45) is 5.92 Å². The van der Waals surface area contributed by atoms with Crippen LogP contribution < -0.4 is 5.32 Å². The second-order valence-corrected chi connectivity index (χ2v) is 5.89. The molecule has 102 valence electrons. The molecule has 0 aliphatic heterocycles. The lowest BCUT2D eigenvalue weighted by Gasteiger charge is -2.04. The Hall–Kier alpha value is -1.30. The van der Waals surface area contributed by atoms with Crippen molar-refractivity contribution < 1.29 is 13.2 Å². The predicted molar refractivity (Wildman–Crippen MR) is 70.5 cm³/mol. The van der Waals surface area contributed by atoms with Crippen molar-refractivity contribution in [1.29, 1.82) is 0 Å². The number of aromatic nitrogens is 1. The van der Waals surface area contributed by atoms with Crippen molar-refractivity contribution in [1.82, 2.24) is 4.98 Å². The average Bonchev–Trinajstić information content (AvgIpc) is 3.06. The summed E-state index contributed by atoms with van der Waals surface area (Å²) in [5.41, 5.74) is -0.233. The molecule has 0 bridgehead atoms. The van der Waals surface area contributed by atoms with Gasteiger partial charge in [0.25, 0.3) is 0 Å². The van der Waals surface area contributed by atoms with Gasteiger partial charge < -0.3 is 5.32 Å². The molecule has 0 saturated heterocycles. The Kier molecular flexibility index (Phi) is 3.12. The SMILES string of the molecule is FC(F)(F)c1ccc2sc(NCCC3CC3)nc2c1. The summed E-state index contributed by atoms with van der Waals surface area (Å²) in [5, 5.41) is 3.89. The minimum absolute atomic E-state index is 0.411. The normalized spacial score (nSPS) is 15.9. The molecule has 2 nitrogen and oxygen atoms in total. The average molecular weight is 286 g/mol. The van der Waals surface area contributed by atoms with E-state index >= 15 is 0 Å². The van der Waals surface area contributed by atoms with E-state index in [-0.39, 0.29) is 0 Å². The van der Waals surface area contributed by atoms with Crippen LogP contribution in [-0.4, -0.2) is 11.5 Å². The fourth-order valence-electron chi connectivity index (χ4n) is 1.97. The van der Waals surface area contributed by atoms with Gasteiger partial charge in [0.05, 0.1) is 15.8 Å². The zero-order chi connectivity index (χ0) is 13.5. The first kappa shape index (κ1) is 12.7. The zero-order valence-corrected chi connectivity index (χ0v) is 10.9. The number of anilines is 1. The van der Waals surface area contributed by atoms with Crippen LogP contribution in [0.1, 0.15) is 24.8 Å². The Balaban J connectivity index is 1.75. The molecular formula is C13H13F3N2S. The molecule has 1 aromatic heterocycles. The number of fused-ring (bicyclic) bond motifs is 1. The molecule has 1 fully saturated rings. The molecule has 1 saturated carbocycles. The van der Waals surface area contributed by atoms with Crippen molar-refractivity contribution in [2.45, 2.75) is 25.4 Å². The van der Waals surface area contributed by atoms with E-state index in [2.05, 4.69) is 10.3 Å². The van der Waals surface area contributed by atoms with Gasteiger partial charge in [-0.1, -0.05) is 24.2 Å². The quantitative estimate of drug-likeness (QED) is 0.893. The zero-order valence-electron chi connectivity index (χ0n) is 10.1. The van der Waals surface area contributed by atoms with E-state index < -0.39 is 11.7 Å². The number of hydrogen-bond acceptors (Lipinski definition) is 3. The molecule has 6 heteroatoms. The van der Waals surface area contributed by atoms with Crippen LogP contribution in [0.3, 0.4) is 0 Å². The number of alkyl halides is 3. The molecule has 0 radical (unpaired) electrons. The molecule has 0 atom stereocenters. The molecule has 1 heterocycles. The van der Waals surface area contributed by atoms with Gasteiger partial charge in [0.2, 0.25) is 0 Å². The van der Waals surface area contributed by atoms with Crippen LogP contribution in [0.2, 0.25) is 0 Å². The maximum Gasteiger partial charge on any atom is 0.416 e. The fourth-order valence-corrected chi connectivity index (χ4v) is 2.84. The molecule has 2 aromatic rings. The maximum absolute atomic E-state index is 12.6. The molecule has 1 aliphatic rings. The van der Waals surface area contributed by atoms with E-state index in [9.17, 15) is 13.2 Å². The second kappa shape index (κ2) is 4.67. The van der Waals surface area contributed by atoms with Crippen molar-refractivity contribution in [3.63, 3.8) is 0 Å². The molecule has 3 rings (SSSR count). The van der Waals surface area contributed by atoms with Crippen LogP contribution in [-0.2, 0) is 6.18 Å². The minimum atomic E-state index is -4.31. The second-order valence-electron chi connectivity index (χ2n) is 4.86. The summed E-state index contributed by atoms with van der Waals surface area (Å²) in [6, 6.07) is 3.70. The molecule has 0 amide bonds. The van der Waals surface area contributed by atoms with Crippen LogP contribution in [0.15, 0.2) is 18.2 Å². The summed E-state index contributed by atoms with van der Waals surface area (Å²) in [4.78, 5) is 4.21. The van der Waals surface area contributed by atoms with Crippen LogP contribution in [0, 0.1) is 5.92 Å². The standard InChI is InChI=1S/C13H13F3N2S/c14-13(15,16)9-3-4-11-10(7-9)18-12(19-11)17-6-5-8-1-2-8/h3-4,7-8H,1-2,5-6H2,(H,17,18). The lowest BCUT2D eigenvalue weighted by molar-refractivity contribution is -0.137. The molecule has 19 heavy (non-hydrogen) atoms. The first-order chi connectivity index (χ1) is 9.02. The van der Waals surface area contributed by atoms with Gasteiger partial charge in [-0.05, 0) is 30.5 Å². The number of hydrogen-bond donors (Lipinski definition) is 1. The van der Waals surface area contributed by atoms with Gasteiger partial charge in [-0.25, -0.2) is 4.98 Å².